The highest BCUT2D eigenvalue weighted by Crippen LogP contribution is 2.17. The van der Waals surface area contributed by atoms with Crippen LogP contribution in [0.3, 0.4) is 0 Å². The molecule has 2 heterocycles. The fraction of sp³-hybridized carbons (Fsp3) is 0.692. The van der Waals surface area contributed by atoms with Crippen molar-refractivity contribution in [1.82, 2.24) is 15.4 Å². The minimum absolute atomic E-state index is 0.0478. The number of carbonyl (C=O) groups excluding carboxylic acids is 1. The smallest absolute Gasteiger partial charge is 0.240 e. The molecule has 1 amide bonds. The zero-order valence-electron chi connectivity index (χ0n) is 11.6. The van der Waals surface area contributed by atoms with E-state index in [1.807, 2.05) is 13.8 Å². The van der Waals surface area contributed by atoms with Crippen molar-refractivity contribution in [3.8, 4) is 0 Å². The van der Waals surface area contributed by atoms with E-state index in [0.717, 1.165) is 38.3 Å². The molecule has 0 atom stereocenters. The van der Waals surface area contributed by atoms with Crippen molar-refractivity contribution in [3.63, 3.8) is 0 Å². The number of amides is 1. The second-order valence-corrected chi connectivity index (χ2v) is 5.20. The summed E-state index contributed by atoms with van der Waals surface area (Å²) in [6.07, 6.45) is 1.08. The van der Waals surface area contributed by atoms with Crippen molar-refractivity contribution in [2.75, 3.05) is 38.0 Å². The summed E-state index contributed by atoms with van der Waals surface area (Å²) in [4.78, 5) is 14.1. The number of nitrogens with one attached hydrogen (secondary N) is 2. The lowest BCUT2D eigenvalue weighted by atomic mass is 10.1. The summed E-state index contributed by atoms with van der Waals surface area (Å²) in [6, 6.07) is 1.78. The normalized spacial score (nSPS) is 17.4. The minimum Gasteiger partial charge on any atom is -0.338 e. The largest absolute Gasteiger partial charge is 0.338 e. The minimum atomic E-state index is -0.0478. The zero-order valence-corrected chi connectivity index (χ0v) is 11.6. The average Bonchev–Trinajstić information content (AvgIpc) is 2.67. The lowest BCUT2D eigenvalue weighted by Gasteiger charge is -2.17. The molecule has 0 radical (unpaired) electrons. The summed E-state index contributed by atoms with van der Waals surface area (Å²) in [5.74, 6) is 0.682. The molecule has 106 valence electrons. The molecule has 6 nitrogen and oxygen atoms in total. The molecule has 0 aliphatic carbocycles. The Morgan fingerprint density at radius 1 is 1.53 bits per heavy atom. The number of hydrogen-bond donors (Lipinski definition) is 2. The highest BCUT2D eigenvalue weighted by molar-refractivity contribution is 5.90. The molecule has 1 aromatic heterocycles. The molecule has 2 rings (SSSR count). The van der Waals surface area contributed by atoms with Crippen molar-refractivity contribution >= 4 is 11.8 Å². The van der Waals surface area contributed by atoms with Crippen LogP contribution in [0.25, 0.3) is 0 Å². The van der Waals surface area contributed by atoms with Crippen LogP contribution in [-0.4, -0.2) is 48.7 Å². The van der Waals surface area contributed by atoms with Crippen molar-refractivity contribution in [2.45, 2.75) is 26.2 Å². The third-order valence-electron chi connectivity index (χ3n) is 3.18. The van der Waals surface area contributed by atoms with Gasteiger partial charge in [0, 0.05) is 19.2 Å². The van der Waals surface area contributed by atoms with Gasteiger partial charge in [-0.2, -0.15) is 0 Å². The van der Waals surface area contributed by atoms with E-state index in [4.69, 9.17) is 4.52 Å². The van der Waals surface area contributed by atoms with Crippen LogP contribution in [0.1, 0.15) is 31.9 Å². The molecule has 6 heteroatoms. The van der Waals surface area contributed by atoms with Gasteiger partial charge in [0.05, 0.1) is 12.2 Å². The number of rotatable bonds is 4. The predicted octanol–water partition coefficient (Wildman–Crippen LogP) is 1.03. The van der Waals surface area contributed by atoms with E-state index in [0.29, 0.717) is 18.3 Å². The fourth-order valence-electron chi connectivity index (χ4n) is 2.06. The maximum atomic E-state index is 11.9. The second-order valence-electron chi connectivity index (χ2n) is 5.20. The highest BCUT2D eigenvalue weighted by Gasteiger charge is 2.15. The van der Waals surface area contributed by atoms with Gasteiger partial charge in [-0.25, -0.2) is 0 Å². The Morgan fingerprint density at radius 3 is 3.11 bits per heavy atom. The highest BCUT2D eigenvalue weighted by atomic mass is 16.5. The van der Waals surface area contributed by atoms with Gasteiger partial charge in [0.15, 0.2) is 0 Å². The maximum Gasteiger partial charge on any atom is 0.240 e. The van der Waals surface area contributed by atoms with Crippen molar-refractivity contribution in [1.29, 1.82) is 0 Å². The molecule has 19 heavy (non-hydrogen) atoms. The third-order valence-corrected chi connectivity index (χ3v) is 3.18. The maximum absolute atomic E-state index is 11.9. The Kier molecular flexibility index (Phi) is 4.93. The number of nitrogens with zero attached hydrogens (tertiary/aromatic N) is 2. The van der Waals surface area contributed by atoms with Crippen LogP contribution in [-0.2, 0) is 4.79 Å². The Hall–Kier alpha value is -1.40. The molecule has 0 unspecified atom stereocenters. The molecular formula is C13H22N4O2. The Labute approximate surface area is 113 Å². The number of hydrogen-bond acceptors (Lipinski definition) is 5. The van der Waals surface area contributed by atoms with E-state index in [-0.39, 0.29) is 5.91 Å². The Bertz CT molecular complexity index is 409. The lowest BCUT2D eigenvalue weighted by Crippen LogP contribution is -2.35. The van der Waals surface area contributed by atoms with Crippen molar-refractivity contribution in [3.05, 3.63) is 11.8 Å². The van der Waals surface area contributed by atoms with Crippen LogP contribution >= 0.6 is 0 Å². The molecule has 1 fully saturated rings. The molecule has 0 aromatic carbocycles. The molecule has 0 bridgehead atoms. The Morgan fingerprint density at radius 2 is 2.37 bits per heavy atom. The summed E-state index contributed by atoms with van der Waals surface area (Å²) < 4.78 is 5.10. The summed E-state index contributed by atoms with van der Waals surface area (Å²) in [5.41, 5.74) is 0.856. The summed E-state index contributed by atoms with van der Waals surface area (Å²) in [5, 5.41) is 9.99. The first kappa shape index (κ1) is 14.0. The first-order valence-electron chi connectivity index (χ1n) is 6.84. The van der Waals surface area contributed by atoms with Gasteiger partial charge in [-0.15, -0.1) is 0 Å². The van der Waals surface area contributed by atoms with Crippen LogP contribution in [0.4, 0.5) is 5.88 Å². The third kappa shape index (κ3) is 4.33. The van der Waals surface area contributed by atoms with Crippen molar-refractivity contribution < 1.29 is 9.32 Å². The van der Waals surface area contributed by atoms with E-state index < -0.39 is 0 Å². The van der Waals surface area contributed by atoms with Gasteiger partial charge in [-0.05, 0) is 25.4 Å². The van der Waals surface area contributed by atoms with E-state index >= 15 is 0 Å². The standard InChI is InChI=1S/C13H22N4O2/c1-10(2)11-8-13(19-16-11)15-12(18)9-17-6-3-4-14-5-7-17/h8,10,14H,3-7,9H2,1-2H3,(H,15,18). The molecular weight excluding hydrogens is 244 g/mol. The first-order valence-corrected chi connectivity index (χ1v) is 6.84. The molecule has 1 saturated heterocycles. The van der Waals surface area contributed by atoms with Gasteiger partial charge in [0.2, 0.25) is 11.8 Å². The van der Waals surface area contributed by atoms with Crippen LogP contribution < -0.4 is 10.6 Å². The molecule has 1 aromatic rings. The summed E-state index contributed by atoms with van der Waals surface area (Å²) in [7, 11) is 0. The van der Waals surface area contributed by atoms with Crippen LogP contribution in [0, 0.1) is 0 Å². The molecule has 1 aliphatic heterocycles. The summed E-state index contributed by atoms with van der Waals surface area (Å²) >= 11 is 0. The monoisotopic (exact) mass is 266 g/mol. The zero-order chi connectivity index (χ0) is 13.7. The van der Waals surface area contributed by atoms with Gasteiger partial charge >= 0.3 is 0 Å². The number of anilines is 1. The second kappa shape index (κ2) is 6.68. The predicted molar refractivity (Wildman–Crippen MR) is 73.1 cm³/mol. The van der Waals surface area contributed by atoms with Crippen LogP contribution in [0.5, 0.6) is 0 Å². The topological polar surface area (TPSA) is 70.4 Å². The molecule has 0 spiro atoms. The first-order chi connectivity index (χ1) is 9.15. The average molecular weight is 266 g/mol. The van der Waals surface area contributed by atoms with E-state index in [9.17, 15) is 4.79 Å². The molecule has 1 aliphatic rings. The number of aromatic nitrogens is 1. The van der Waals surface area contributed by atoms with Crippen molar-refractivity contribution in [2.24, 2.45) is 0 Å². The Balaban J connectivity index is 1.82. The fourth-order valence-corrected chi connectivity index (χ4v) is 2.06. The van der Waals surface area contributed by atoms with Crippen LogP contribution in [0.15, 0.2) is 10.6 Å². The quantitative estimate of drug-likeness (QED) is 0.852. The van der Waals surface area contributed by atoms with Crippen LogP contribution in [0.2, 0.25) is 0 Å². The van der Waals surface area contributed by atoms with Gasteiger partial charge in [0.25, 0.3) is 0 Å². The summed E-state index contributed by atoms with van der Waals surface area (Å²) in [6.45, 7) is 8.29. The molecule has 2 N–H and O–H groups in total. The molecule has 0 saturated carbocycles. The van der Waals surface area contributed by atoms with Gasteiger partial charge < -0.3 is 9.84 Å². The van der Waals surface area contributed by atoms with Gasteiger partial charge in [-0.3, -0.25) is 15.0 Å². The van der Waals surface area contributed by atoms with E-state index in [1.54, 1.807) is 6.07 Å². The lowest BCUT2D eigenvalue weighted by molar-refractivity contribution is -0.117. The number of carbonyl (C=O) groups is 1. The van der Waals surface area contributed by atoms with E-state index in [2.05, 4.69) is 20.7 Å². The van der Waals surface area contributed by atoms with Gasteiger partial charge in [-0.1, -0.05) is 19.0 Å². The van der Waals surface area contributed by atoms with Gasteiger partial charge in [0.1, 0.15) is 0 Å². The van der Waals surface area contributed by atoms with E-state index in [1.165, 1.54) is 0 Å². The SMILES string of the molecule is CC(C)c1cc(NC(=O)CN2CCCNCC2)on1.